The van der Waals surface area contributed by atoms with Crippen molar-refractivity contribution < 1.29 is 19.9 Å². The number of aliphatic hydroxyl groups excluding tert-OH is 2. The van der Waals surface area contributed by atoms with Crippen LogP contribution < -0.4 is 10.1 Å². The van der Waals surface area contributed by atoms with E-state index in [2.05, 4.69) is 5.32 Å². The van der Waals surface area contributed by atoms with E-state index in [9.17, 15) is 10.1 Å². The monoisotopic (exact) mass is 270 g/mol. The van der Waals surface area contributed by atoms with Gasteiger partial charge in [-0.25, -0.2) is 0 Å². The summed E-state index contributed by atoms with van der Waals surface area (Å²) >= 11 is 0. The lowest BCUT2D eigenvalue weighted by atomic mass is 10.2. The number of aliphatic hydroxyl groups is 2. The van der Waals surface area contributed by atoms with Gasteiger partial charge in [0, 0.05) is 17.8 Å². The molecule has 0 amide bonds. The molecule has 0 aliphatic rings. The molecule has 0 fully saturated rings. The minimum Gasteiger partial charge on any atom is -0.487 e. The van der Waals surface area contributed by atoms with Crippen molar-refractivity contribution in [1.29, 1.82) is 0 Å². The van der Waals surface area contributed by atoms with Crippen LogP contribution in [0.3, 0.4) is 0 Å². The average molecular weight is 270 g/mol. The van der Waals surface area contributed by atoms with Crippen LogP contribution in [0.1, 0.15) is 13.3 Å². The van der Waals surface area contributed by atoms with Crippen LogP contribution in [0.4, 0.5) is 11.4 Å². The van der Waals surface area contributed by atoms with Crippen LogP contribution in [0.15, 0.2) is 18.2 Å². The molecule has 0 bridgehead atoms. The Hall–Kier alpha value is -1.86. The number of nitrogens with zero attached hydrogens (tertiary/aromatic N) is 1. The summed E-state index contributed by atoms with van der Waals surface area (Å²) in [4.78, 5) is 10.3. The Labute approximate surface area is 111 Å². The fourth-order valence-corrected chi connectivity index (χ4v) is 1.47. The number of benzene rings is 1. The third-order valence-corrected chi connectivity index (χ3v) is 2.43. The Kier molecular flexibility index (Phi) is 6.04. The second kappa shape index (κ2) is 7.55. The molecule has 0 heterocycles. The SMILES string of the molecule is CCCOc1cc(NC(CO)CO)ccc1[N+](=O)[O-]. The molecule has 0 atom stereocenters. The predicted molar refractivity (Wildman–Crippen MR) is 70.5 cm³/mol. The van der Waals surface area contributed by atoms with Crippen LogP contribution in [0.25, 0.3) is 0 Å². The summed E-state index contributed by atoms with van der Waals surface area (Å²) in [6, 6.07) is 3.82. The van der Waals surface area contributed by atoms with Crippen molar-refractivity contribution >= 4 is 11.4 Å². The lowest BCUT2D eigenvalue weighted by Crippen LogP contribution is -2.27. The maximum atomic E-state index is 10.9. The van der Waals surface area contributed by atoms with E-state index in [1.165, 1.54) is 18.2 Å². The fraction of sp³-hybridized carbons (Fsp3) is 0.500. The van der Waals surface area contributed by atoms with E-state index in [1.54, 1.807) is 0 Å². The highest BCUT2D eigenvalue weighted by Gasteiger charge is 2.16. The van der Waals surface area contributed by atoms with Crippen LogP contribution in [0.2, 0.25) is 0 Å². The summed E-state index contributed by atoms with van der Waals surface area (Å²) < 4.78 is 5.33. The number of nitrogens with one attached hydrogen (secondary N) is 1. The van der Waals surface area contributed by atoms with Gasteiger partial charge < -0.3 is 20.3 Å². The number of hydrogen-bond donors (Lipinski definition) is 3. The van der Waals surface area contributed by atoms with E-state index in [1.807, 2.05) is 6.92 Å². The van der Waals surface area contributed by atoms with E-state index < -0.39 is 11.0 Å². The first-order valence-corrected chi connectivity index (χ1v) is 6.01. The van der Waals surface area contributed by atoms with E-state index in [0.717, 1.165) is 6.42 Å². The van der Waals surface area contributed by atoms with Gasteiger partial charge in [-0.15, -0.1) is 0 Å². The highest BCUT2D eigenvalue weighted by atomic mass is 16.6. The van der Waals surface area contributed by atoms with Gasteiger partial charge in [0.25, 0.3) is 0 Å². The smallest absolute Gasteiger partial charge is 0.311 e. The second-order valence-corrected chi connectivity index (χ2v) is 3.99. The fourth-order valence-electron chi connectivity index (χ4n) is 1.47. The summed E-state index contributed by atoms with van der Waals surface area (Å²) in [7, 11) is 0. The summed E-state index contributed by atoms with van der Waals surface area (Å²) in [5.74, 6) is 0.173. The van der Waals surface area contributed by atoms with Crippen LogP contribution >= 0.6 is 0 Å². The second-order valence-electron chi connectivity index (χ2n) is 3.99. The molecule has 0 radical (unpaired) electrons. The highest BCUT2D eigenvalue weighted by molar-refractivity contribution is 5.58. The summed E-state index contributed by atoms with van der Waals surface area (Å²) in [5.41, 5.74) is 0.438. The van der Waals surface area contributed by atoms with Crippen LogP contribution in [0.5, 0.6) is 5.75 Å². The van der Waals surface area contributed by atoms with Gasteiger partial charge in [0.15, 0.2) is 5.75 Å². The standard InChI is InChI=1S/C12H18N2O5/c1-2-5-19-12-6-9(13-10(7-15)8-16)3-4-11(12)14(17)18/h3-4,6,10,13,15-16H,2,5,7-8H2,1H3. The lowest BCUT2D eigenvalue weighted by molar-refractivity contribution is -0.385. The molecule has 0 aliphatic carbocycles. The number of rotatable bonds is 8. The largest absolute Gasteiger partial charge is 0.487 e. The van der Waals surface area contributed by atoms with Gasteiger partial charge in [0.2, 0.25) is 0 Å². The van der Waals surface area contributed by atoms with Gasteiger partial charge in [-0.3, -0.25) is 10.1 Å². The molecule has 0 unspecified atom stereocenters. The molecular formula is C12H18N2O5. The van der Waals surface area contributed by atoms with E-state index in [4.69, 9.17) is 14.9 Å². The van der Waals surface area contributed by atoms with Crippen molar-refractivity contribution in [1.82, 2.24) is 0 Å². The third kappa shape index (κ3) is 4.38. The van der Waals surface area contributed by atoms with Crippen molar-refractivity contribution in [3.8, 4) is 5.75 Å². The number of anilines is 1. The van der Waals surface area contributed by atoms with Crippen molar-refractivity contribution in [2.24, 2.45) is 0 Å². The zero-order valence-corrected chi connectivity index (χ0v) is 10.7. The topological polar surface area (TPSA) is 105 Å². The quantitative estimate of drug-likeness (QED) is 0.483. The summed E-state index contributed by atoms with van der Waals surface area (Å²) in [6.45, 7) is 1.81. The Morgan fingerprint density at radius 1 is 1.42 bits per heavy atom. The molecule has 19 heavy (non-hydrogen) atoms. The van der Waals surface area contributed by atoms with Crippen LogP contribution in [-0.4, -0.2) is 41.0 Å². The third-order valence-electron chi connectivity index (χ3n) is 2.43. The summed E-state index contributed by atoms with van der Waals surface area (Å²) in [6.07, 6.45) is 0.741. The van der Waals surface area contributed by atoms with Crippen molar-refractivity contribution in [3.63, 3.8) is 0 Å². The van der Waals surface area contributed by atoms with Crippen molar-refractivity contribution in [3.05, 3.63) is 28.3 Å². The van der Waals surface area contributed by atoms with Gasteiger partial charge in [0.05, 0.1) is 30.8 Å². The molecule has 7 heteroatoms. The van der Waals surface area contributed by atoms with E-state index >= 15 is 0 Å². The molecule has 1 rings (SSSR count). The van der Waals surface area contributed by atoms with E-state index in [0.29, 0.717) is 12.3 Å². The van der Waals surface area contributed by atoms with Crippen LogP contribution in [-0.2, 0) is 0 Å². The highest BCUT2D eigenvalue weighted by Crippen LogP contribution is 2.30. The first-order valence-electron chi connectivity index (χ1n) is 6.01. The van der Waals surface area contributed by atoms with Crippen molar-refractivity contribution in [2.75, 3.05) is 25.1 Å². The maximum absolute atomic E-state index is 10.9. The van der Waals surface area contributed by atoms with Gasteiger partial charge in [-0.2, -0.15) is 0 Å². The molecule has 1 aromatic carbocycles. The number of nitro groups is 1. The molecular weight excluding hydrogens is 252 g/mol. The molecule has 3 N–H and O–H groups in total. The lowest BCUT2D eigenvalue weighted by Gasteiger charge is -2.15. The van der Waals surface area contributed by atoms with Gasteiger partial charge in [-0.1, -0.05) is 6.92 Å². The average Bonchev–Trinajstić information content (AvgIpc) is 2.42. The Morgan fingerprint density at radius 3 is 2.63 bits per heavy atom. The first kappa shape index (κ1) is 15.2. The number of ether oxygens (including phenoxy) is 1. The van der Waals surface area contributed by atoms with Gasteiger partial charge >= 0.3 is 5.69 Å². The van der Waals surface area contributed by atoms with Gasteiger partial charge in [0.1, 0.15) is 0 Å². The first-order chi connectivity index (χ1) is 9.12. The Bertz CT molecular complexity index is 421. The molecule has 0 aliphatic heterocycles. The molecule has 0 saturated heterocycles. The number of hydrogen-bond acceptors (Lipinski definition) is 6. The number of nitro benzene ring substituents is 1. The minimum atomic E-state index is -0.513. The maximum Gasteiger partial charge on any atom is 0.311 e. The normalized spacial score (nSPS) is 10.5. The zero-order valence-electron chi connectivity index (χ0n) is 10.7. The van der Waals surface area contributed by atoms with Crippen molar-refractivity contribution in [2.45, 2.75) is 19.4 Å². The molecule has 7 nitrogen and oxygen atoms in total. The molecule has 1 aromatic rings. The molecule has 0 aromatic heterocycles. The minimum absolute atomic E-state index is 0.108. The molecule has 0 saturated carbocycles. The van der Waals surface area contributed by atoms with Crippen LogP contribution in [0, 0.1) is 10.1 Å². The zero-order chi connectivity index (χ0) is 14.3. The molecule has 106 valence electrons. The van der Waals surface area contributed by atoms with E-state index in [-0.39, 0.29) is 24.7 Å². The molecule has 0 spiro atoms. The summed E-state index contributed by atoms with van der Waals surface area (Å²) in [5, 5.41) is 31.7. The Balaban J connectivity index is 2.93. The van der Waals surface area contributed by atoms with Gasteiger partial charge in [-0.05, 0) is 12.5 Å². The predicted octanol–water partition coefficient (Wildman–Crippen LogP) is 1.15. The Morgan fingerprint density at radius 2 is 2.11 bits per heavy atom.